The van der Waals surface area contributed by atoms with Crippen LogP contribution >= 0.6 is 0 Å². The van der Waals surface area contributed by atoms with Gasteiger partial charge in [-0.1, -0.05) is 60.7 Å². The molecule has 0 aliphatic heterocycles. The maximum Gasteiger partial charge on any atom is 0.416 e. The molecule has 0 amide bonds. The van der Waals surface area contributed by atoms with Crippen LogP contribution in [0.2, 0.25) is 0 Å². The fourth-order valence-electron chi connectivity index (χ4n) is 3.78. The summed E-state index contributed by atoms with van der Waals surface area (Å²) in [5.74, 6) is 0. The molecule has 0 N–H and O–H groups in total. The summed E-state index contributed by atoms with van der Waals surface area (Å²) in [5, 5.41) is 3.66. The molecule has 0 heterocycles. The molecule has 8 heteroatoms. The van der Waals surface area contributed by atoms with E-state index in [1.807, 2.05) is 84.9 Å². The largest absolute Gasteiger partial charge is 0.416 e. The lowest BCUT2D eigenvalue weighted by molar-refractivity contribution is -1.03. The summed E-state index contributed by atoms with van der Waals surface area (Å²) < 4.78 is 73.3. The number of halogens is 4. The van der Waals surface area contributed by atoms with Gasteiger partial charge in [0.15, 0.2) is 7.14 Å². The average Bonchev–Trinajstić information content (AvgIpc) is 2.86. The summed E-state index contributed by atoms with van der Waals surface area (Å²) in [6, 6.07) is 30.1. The molecule has 0 spiro atoms. The highest BCUT2D eigenvalue weighted by molar-refractivity contribution is 7.86. The Labute approximate surface area is 208 Å². The van der Waals surface area contributed by atoms with Gasteiger partial charge in [-0.25, -0.2) is 0 Å². The molecule has 0 aliphatic rings. The van der Waals surface area contributed by atoms with E-state index in [2.05, 4.69) is 0 Å². The molecule has 3 nitrogen and oxygen atoms in total. The van der Waals surface area contributed by atoms with E-state index < -0.39 is 42.1 Å². The van der Waals surface area contributed by atoms with Crippen LogP contribution in [0.5, 0.6) is 0 Å². The van der Waals surface area contributed by atoms with Gasteiger partial charge in [0.25, 0.3) is 0 Å². The number of rotatable bonds is 5. The van der Waals surface area contributed by atoms with Crippen LogP contribution in [-0.2, 0) is 18.8 Å². The van der Waals surface area contributed by atoms with Crippen LogP contribution in [0.4, 0.5) is 13.2 Å². The van der Waals surface area contributed by atoms with Crippen molar-refractivity contribution in [2.45, 2.75) is 11.1 Å². The lowest BCUT2D eigenvalue weighted by atomic mass is 10.1. The van der Waals surface area contributed by atoms with Crippen molar-refractivity contribution in [3.05, 3.63) is 122 Å². The zero-order valence-electron chi connectivity index (χ0n) is 18.0. The van der Waals surface area contributed by atoms with E-state index >= 15 is 0 Å². The van der Waals surface area contributed by atoms with E-state index in [-0.39, 0.29) is 4.90 Å². The summed E-state index contributed by atoms with van der Waals surface area (Å²) in [7, 11) is -4.35. The van der Waals surface area contributed by atoms with Crippen molar-refractivity contribution in [2.75, 3.05) is 0 Å². The molecule has 0 aliphatic carbocycles. The number of hydrogen-bond donors (Lipinski definition) is 0. The molecule has 5 aromatic rings. The van der Waals surface area contributed by atoms with Gasteiger partial charge in [-0.05, 0) is 61.8 Å². The summed E-state index contributed by atoms with van der Waals surface area (Å²) in [5.41, 5.74) is -0.921. The third kappa shape index (κ3) is 4.78. The fourth-order valence-corrected chi connectivity index (χ4v) is 11.6. The molecule has 0 fully saturated rings. The molecule has 0 atom stereocenters. The van der Waals surface area contributed by atoms with Crippen LogP contribution in [0.1, 0.15) is 5.56 Å². The molecular weight excluding hydrogens is 588 g/mol. The van der Waals surface area contributed by atoms with Gasteiger partial charge in [0.2, 0.25) is 0 Å². The molecule has 0 bridgehead atoms. The molecule has 35 heavy (non-hydrogen) atoms. The van der Waals surface area contributed by atoms with Crippen molar-refractivity contribution < 1.29 is 44.3 Å². The smallest absolute Gasteiger partial charge is 0.190 e. The third-order valence-corrected chi connectivity index (χ3v) is 13.1. The number of hydrogen-bond acceptors (Lipinski definition) is 3. The maximum atomic E-state index is 13.4. The molecular formula is C27H18F3IO3S+. The molecule has 0 aromatic heterocycles. The topological polar surface area (TPSA) is 43.4 Å². The van der Waals surface area contributed by atoms with E-state index in [4.69, 9.17) is 2.51 Å². The van der Waals surface area contributed by atoms with Gasteiger partial charge < -0.3 is 0 Å². The molecule has 5 aromatic carbocycles. The predicted octanol–water partition coefficient (Wildman–Crippen LogP) is 4.00. The van der Waals surface area contributed by atoms with Gasteiger partial charge in [-0.2, -0.15) is 21.6 Å². The van der Waals surface area contributed by atoms with Crippen LogP contribution in [0.3, 0.4) is 0 Å². The van der Waals surface area contributed by atoms with Crippen LogP contribution in [0, 0.1) is 7.14 Å². The molecule has 0 saturated carbocycles. The van der Waals surface area contributed by atoms with E-state index in [1.54, 1.807) is 0 Å². The lowest BCUT2D eigenvalue weighted by Crippen LogP contribution is -3.85. The van der Waals surface area contributed by atoms with Crippen LogP contribution in [0.15, 0.2) is 114 Å². The van der Waals surface area contributed by atoms with E-state index in [1.165, 1.54) is 0 Å². The van der Waals surface area contributed by atoms with Crippen LogP contribution in [-0.4, -0.2) is 8.42 Å². The van der Waals surface area contributed by atoms with Crippen LogP contribution < -0.4 is 20.2 Å². The third-order valence-electron chi connectivity index (χ3n) is 5.46. The zero-order valence-corrected chi connectivity index (χ0v) is 21.0. The quantitative estimate of drug-likeness (QED) is 0.285. The number of benzene rings is 5. The molecule has 0 unspecified atom stereocenters. The summed E-state index contributed by atoms with van der Waals surface area (Å²) in [6.07, 6.45) is -4.56. The minimum absolute atomic E-state index is 0.312. The minimum atomic E-state index is -4.56. The van der Waals surface area contributed by atoms with Gasteiger partial charge in [0.1, 0.15) is 0 Å². The van der Waals surface area contributed by atoms with Gasteiger partial charge in [0.05, 0.1) is 10.5 Å². The molecule has 5 rings (SSSR count). The summed E-state index contributed by atoms with van der Waals surface area (Å²) in [4.78, 5) is -0.312. The first-order valence-electron chi connectivity index (χ1n) is 10.5. The first kappa shape index (κ1) is 23.8. The maximum absolute atomic E-state index is 13.4. The van der Waals surface area contributed by atoms with E-state index in [0.717, 1.165) is 53.0 Å². The fraction of sp³-hybridized carbons (Fsp3) is 0.0370. The van der Waals surface area contributed by atoms with Crippen LogP contribution in [0.25, 0.3) is 21.5 Å². The van der Waals surface area contributed by atoms with Crippen molar-refractivity contribution in [1.82, 2.24) is 0 Å². The Kier molecular flexibility index (Phi) is 6.29. The highest BCUT2D eigenvalue weighted by Gasteiger charge is 2.40. The normalized spacial score (nSPS) is 12.5. The van der Waals surface area contributed by atoms with Crippen molar-refractivity contribution in [3.8, 4) is 0 Å². The zero-order chi connectivity index (χ0) is 24.6. The lowest BCUT2D eigenvalue weighted by Gasteiger charge is -2.11. The number of alkyl halides is 3. The summed E-state index contributed by atoms with van der Waals surface area (Å²) >= 11 is -3.14. The first-order chi connectivity index (χ1) is 16.7. The Hall–Kier alpha value is -2.95. The minimum Gasteiger partial charge on any atom is -0.190 e. The van der Waals surface area contributed by atoms with Crippen molar-refractivity contribution in [1.29, 1.82) is 0 Å². The van der Waals surface area contributed by atoms with Gasteiger partial charge in [0, 0.05) is 10.8 Å². The molecule has 177 valence electrons. The Bertz CT molecular complexity index is 1540. The number of fused-ring (bicyclic) bond motifs is 2. The Morgan fingerprint density at radius 3 is 1.54 bits per heavy atom. The van der Waals surface area contributed by atoms with Crippen molar-refractivity contribution in [2.24, 2.45) is 0 Å². The van der Waals surface area contributed by atoms with E-state index in [9.17, 15) is 21.6 Å². The Balaban J connectivity index is 1.67. The second kappa shape index (κ2) is 9.25. The summed E-state index contributed by atoms with van der Waals surface area (Å²) in [6.45, 7) is 0. The second-order valence-corrected chi connectivity index (χ2v) is 14.0. The van der Waals surface area contributed by atoms with Gasteiger partial charge >= 0.3 is 36.5 Å². The van der Waals surface area contributed by atoms with E-state index in [0.29, 0.717) is 0 Å². The Morgan fingerprint density at radius 1 is 0.600 bits per heavy atom. The highest BCUT2D eigenvalue weighted by atomic mass is 127. The average molecular weight is 606 g/mol. The van der Waals surface area contributed by atoms with Gasteiger partial charge in [-0.3, -0.25) is 0 Å². The van der Waals surface area contributed by atoms with Gasteiger partial charge in [-0.15, -0.1) is 0 Å². The van der Waals surface area contributed by atoms with Crippen molar-refractivity contribution in [3.63, 3.8) is 0 Å². The predicted molar refractivity (Wildman–Crippen MR) is 125 cm³/mol. The SMILES string of the molecule is O=S(=O)(O[I+](c1cccc2ccccc12)c1cccc2ccccc12)c1ccc(C(F)(F)F)cc1. The highest BCUT2D eigenvalue weighted by Crippen LogP contribution is 2.29. The molecule has 1 radical (unpaired) electrons. The monoisotopic (exact) mass is 606 g/mol. The first-order valence-corrected chi connectivity index (χ1v) is 15.0. The molecule has 0 saturated heterocycles. The second-order valence-electron chi connectivity index (χ2n) is 7.71. The Morgan fingerprint density at radius 2 is 1.06 bits per heavy atom. The van der Waals surface area contributed by atoms with Crippen molar-refractivity contribution >= 4 is 31.7 Å². The standard InChI is InChI=1S/C27H18F3IO3S/c28-27(29,30)21-15-17-22(18-16-21)35(32,33)34-31(25-13-5-9-19-7-1-3-11-23(19)25)26-14-6-10-20-8-2-4-12-24(20)26/h1-18H/q+1.